The zero-order valence-corrected chi connectivity index (χ0v) is 16.5. The van der Waals surface area contributed by atoms with Gasteiger partial charge in [0.05, 0.1) is 17.4 Å². The first-order valence-corrected chi connectivity index (χ1v) is 9.18. The molecule has 0 radical (unpaired) electrons. The molecule has 1 aromatic heterocycles. The topological polar surface area (TPSA) is 91.8 Å². The maximum absolute atomic E-state index is 13.4. The third-order valence-electron chi connectivity index (χ3n) is 4.33. The Morgan fingerprint density at radius 3 is 2.55 bits per heavy atom. The molecule has 2 N–H and O–H groups in total. The molecule has 1 heterocycles. The van der Waals surface area contributed by atoms with Gasteiger partial charge in [0.15, 0.2) is 11.6 Å². The molecule has 0 spiro atoms. The molecule has 0 aliphatic heterocycles. The first kappa shape index (κ1) is 21.7. The van der Waals surface area contributed by atoms with E-state index in [2.05, 4.69) is 10.3 Å². The highest BCUT2D eigenvalue weighted by molar-refractivity contribution is 6.06. The molecule has 0 saturated carbocycles. The summed E-state index contributed by atoms with van der Waals surface area (Å²) in [6.45, 7) is -0.0370. The van der Waals surface area contributed by atoms with Crippen LogP contribution in [0.25, 0.3) is 0 Å². The van der Waals surface area contributed by atoms with Gasteiger partial charge in [-0.2, -0.15) is 0 Å². The van der Waals surface area contributed by atoms with E-state index in [1.807, 2.05) is 0 Å². The van der Waals surface area contributed by atoms with E-state index in [0.717, 1.165) is 17.0 Å². The number of hydrogen-bond donors (Lipinski definition) is 2. The van der Waals surface area contributed by atoms with E-state index in [1.54, 1.807) is 24.4 Å². The van der Waals surface area contributed by atoms with Gasteiger partial charge in [0.25, 0.3) is 5.91 Å². The number of aromatic nitrogens is 1. The van der Waals surface area contributed by atoms with Gasteiger partial charge in [0, 0.05) is 19.8 Å². The molecule has 0 aliphatic carbocycles. The summed E-state index contributed by atoms with van der Waals surface area (Å²) in [5.74, 6) is -2.25. The predicted molar refractivity (Wildman–Crippen MR) is 109 cm³/mol. The molecule has 0 bridgehead atoms. The molecule has 31 heavy (non-hydrogen) atoms. The average molecular weight is 427 g/mol. The lowest BCUT2D eigenvalue weighted by molar-refractivity contribution is 0.102. The minimum Gasteiger partial charge on any atom is -0.488 e. The largest absolute Gasteiger partial charge is 0.488 e. The van der Waals surface area contributed by atoms with Gasteiger partial charge >= 0.3 is 6.09 Å². The lowest BCUT2D eigenvalue weighted by Crippen LogP contribution is -2.24. The van der Waals surface area contributed by atoms with Crippen molar-refractivity contribution in [3.63, 3.8) is 0 Å². The number of carbonyl (C=O) groups is 2. The molecule has 0 unspecified atom stereocenters. The van der Waals surface area contributed by atoms with Gasteiger partial charge in [-0.25, -0.2) is 13.6 Å². The predicted octanol–water partition coefficient (Wildman–Crippen LogP) is 4.30. The van der Waals surface area contributed by atoms with Crippen LogP contribution in [0.2, 0.25) is 0 Å². The van der Waals surface area contributed by atoms with Crippen molar-refractivity contribution in [2.24, 2.45) is 0 Å². The molecule has 3 aromatic rings. The zero-order valence-electron chi connectivity index (χ0n) is 16.5. The Bertz CT molecular complexity index is 1090. The zero-order chi connectivity index (χ0) is 22.4. The Labute approximate surface area is 176 Å². The molecule has 2 amide bonds. The average Bonchev–Trinajstić information content (AvgIpc) is 2.75. The number of rotatable bonds is 7. The first-order chi connectivity index (χ1) is 14.8. The maximum Gasteiger partial charge on any atom is 0.407 e. The Kier molecular flexibility index (Phi) is 6.76. The van der Waals surface area contributed by atoms with Gasteiger partial charge in [-0.15, -0.1) is 0 Å². The maximum atomic E-state index is 13.4. The van der Waals surface area contributed by atoms with Crippen LogP contribution in [0.4, 0.5) is 19.3 Å². The van der Waals surface area contributed by atoms with E-state index in [1.165, 1.54) is 31.4 Å². The number of nitrogens with zero attached hydrogens (tertiary/aromatic N) is 2. The highest BCUT2D eigenvalue weighted by Gasteiger charge is 2.16. The number of halogens is 2. The summed E-state index contributed by atoms with van der Waals surface area (Å²) in [5.41, 5.74) is 1.57. The first-order valence-electron chi connectivity index (χ1n) is 9.18. The lowest BCUT2D eigenvalue weighted by Gasteiger charge is -2.16. The minimum atomic E-state index is -1.11. The fraction of sp³-hybridized carbons (Fsp3) is 0.136. The molecule has 2 aromatic carbocycles. The number of pyridine rings is 1. The van der Waals surface area contributed by atoms with Crippen molar-refractivity contribution in [2.75, 3.05) is 12.4 Å². The van der Waals surface area contributed by atoms with Crippen LogP contribution in [0.5, 0.6) is 5.75 Å². The minimum absolute atomic E-state index is 0.0615. The molecule has 0 saturated heterocycles. The second kappa shape index (κ2) is 9.66. The van der Waals surface area contributed by atoms with Crippen molar-refractivity contribution in [3.05, 3.63) is 89.2 Å². The molecule has 0 atom stereocenters. The van der Waals surface area contributed by atoms with Crippen LogP contribution >= 0.6 is 0 Å². The summed E-state index contributed by atoms with van der Waals surface area (Å²) < 4.78 is 32.3. The van der Waals surface area contributed by atoms with Crippen molar-refractivity contribution >= 4 is 17.7 Å². The summed E-state index contributed by atoms with van der Waals surface area (Å²) in [5, 5.41) is 11.8. The van der Waals surface area contributed by atoms with Gasteiger partial charge in [0.1, 0.15) is 12.4 Å². The summed E-state index contributed by atoms with van der Waals surface area (Å²) >= 11 is 0. The molecule has 7 nitrogen and oxygen atoms in total. The van der Waals surface area contributed by atoms with Gasteiger partial charge in [-0.05, 0) is 47.5 Å². The van der Waals surface area contributed by atoms with Crippen LogP contribution < -0.4 is 10.1 Å². The Balaban J connectivity index is 1.86. The van der Waals surface area contributed by atoms with Crippen molar-refractivity contribution in [2.45, 2.75) is 13.2 Å². The Morgan fingerprint density at radius 2 is 1.87 bits per heavy atom. The monoisotopic (exact) mass is 427 g/mol. The quantitative estimate of drug-likeness (QED) is 0.587. The summed E-state index contributed by atoms with van der Waals surface area (Å²) in [7, 11) is 1.41. The van der Waals surface area contributed by atoms with E-state index >= 15 is 0 Å². The third-order valence-corrected chi connectivity index (χ3v) is 4.33. The number of carboxylic acid groups (broad SMARTS) is 1. The number of amides is 2. The van der Waals surface area contributed by atoms with E-state index in [-0.39, 0.29) is 24.5 Å². The number of ether oxygens (including phenoxy) is 1. The number of hydrogen-bond acceptors (Lipinski definition) is 4. The molecular weight excluding hydrogens is 408 g/mol. The summed E-state index contributed by atoms with van der Waals surface area (Å²) in [4.78, 5) is 29.0. The number of benzene rings is 2. The third kappa shape index (κ3) is 5.75. The molecule has 0 aliphatic rings. The second-order valence-electron chi connectivity index (χ2n) is 6.70. The van der Waals surface area contributed by atoms with Crippen LogP contribution in [0.15, 0.2) is 60.9 Å². The summed E-state index contributed by atoms with van der Waals surface area (Å²) in [6, 6.07) is 11.4. The van der Waals surface area contributed by atoms with Gasteiger partial charge in [-0.3, -0.25) is 9.78 Å². The van der Waals surface area contributed by atoms with Crippen molar-refractivity contribution in [3.8, 4) is 5.75 Å². The van der Waals surface area contributed by atoms with Gasteiger partial charge < -0.3 is 20.1 Å². The fourth-order valence-corrected chi connectivity index (χ4v) is 2.75. The molecule has 0 fully saturated rings. The van der Waals surface area contributed by atoms with E-state index < -0.39 is 23.6 Å². The van der Waals surface area contributed by atoms with Crippen LogP contribution in [0.3, 0.4) is 0 Å². The van der Waals surface area contributed by atoms with E-state index in [4.69, 9.17) is 9.84 Å². The Hall–Kier alpha value is -4.01. The standard InChI is InChI=1S/C22H19F2N3O4/c1-27(22(29)30)12-14-5-7-20(31-13-15-4-6-18(23)19(24)10-15)17(9-14)21(28)26-16-3-2-8-25-11-16/h2-11H,12-13H2,1H3,(H,26,28)(H,29,30). The molecule has 9 heteroatoms. The van der Waals surface area contributed by atoms with Gasteiger partial charge in [-0.1, -0.05) is 12.1 Å². The van der Waals surface area contributed by atoms with Crippen LogP contribution in [-0.4, -0.2) is 34.0 Å². The second-order valence-corrected chi connectivity index (χ2v) is 6.70. The van der Waals surface area contributed by atoms with Gasteiger partial charge in [0.2, 0.25) is 0 Å². The molecule has 3 rings (SSSR count). The number of nitrogens with one attached hydrogen (secondary N) is 1. The van der Waals surface area contributed by atoms with Crippen LogP contribution in [0.1, 0.15) is 21.5 Å². The number of carbonyl (C=O) groups excluding carboxylic acids is 1. The summed E-state index contributed by atoms with van der Waals surface area (Å²) in [6.07, 6.45) is 1.93. The molecule has 160 valence electrons. The SMILES string of the molecule is CN(Cc1ccc(OCc2ccc(F)c(F)c2)c(C(=O)Nc2cccnc2)c1)C(=O)O. The van der Waals surface area contributed by atoms with E-state index in [9.17, 15) is 18.4 Å². The van der Waals surface area contributed by atoms with Crippen molar-refractivity contribution < 1.29 is 28.2 Å². The number of anilines is 1. The normalized spacial score (nSPS) is 10.4. The van der Waals surface area contributed by atoms with E-state index in [0.29, 0.717) is 16.8 Å². The van der Waals surface area contributed by atoms with Crippen molar-refractivity contribution in [1.82, 2.24) is 9.88 Å². The Morgan fingerprint density at radius 1 is 1.10 bits per heavy atom. The van der Waals surface area contributed by atoms with Crippen LogP contribution in [-0.2, 0) is 13.2 Å². The lowest BCUT2D eigenvalue weighted by atomic mass is 10.1. The highest BCUT2D eigenvalue weighted by Crippen LogP contribution is 2.24. The van der Waals surface area contributed by atoms with Crippen molar-refractivity contribution in [1.29, 1.82) is 0 Å². The fourth-order valence-electron chi connectivity index (χ4n) is 2.75. The molecular formula is C22H19F2N3O4. The van der Waals surface area contributed by atoms with Crippen LogP contribution in [0, 0.1) is 11.6 Å². The highest BCUT2D eigenvalue weighted by atomic mass is 19.2. The smallest absolute Gasteiger partial charge is 0.407 e.